The number of nitrogens with one attached hydrogen (secondary N) is 1. The Labute approximate surface area is 169 Å². The van der Waals surface area contributed by atoms with Gasteiger partial charge in [0.1, 0.15) is 17.6 Å². The van der Waals surface area contributed by atoms with Gasteiger partial charge in [0.05, 0.1) is 7.11 Å². The van der Waals surface area contributed by atoms with Gasteiger partial charge in [-0.15, -0.1) is 0 Å². The molecule has 4 aromatic rings. The zero-order chi connectivity index (χ0) is 20.2. The first-order chi connectivity index (χ1) is 14.2. The lowest BCUT2D eigenvalue weighted by Gasteiger charge is -2.19. The molecular weight excluding hydrogens is 364 g/mol. The second-order valence-corrected chi connectivity index (χ2v) is 6.99. The number of carbonyl (C=O) groups excluding carboxylic acids is 1. The van der Waals surface area contributed by atoms with Crippen LogP contribution < -0.4 is 10.1 Å². The highest BCUT2D eigenvalue weighted by Crippen LogP contribution is 2.23. The molecule has 0 spiro atoms. The van der Waals surface area contributed by atoms with Crippen molar-refractivity contribution in [2.24, 2.45) is 7.05 Å². The van der Waals surface area contributed by atoms with E-state index in [9.17, 15) is 4.79 Å². The summed E-state index contributed by atoms with van der Waals surface area (Å²) in [7, 11) is 3.56. The van der Waals surface area contributed by atoms with Crippen molar-refractivity contribution in [2.75, 3.05) is 7.11 Å². The van der Waals surface area contributed by atoms with Crippen LogP contribution in [0.1, 0.15) is 23.9 Å². The van der Waals surface area contributed by atoms with Crippen LogP contribution >= 0.6 is 0 Å². The molecule has 6 nitrogen and oxygen atoms in total. The van der Waals surface area contributed by atoms with Gasteiger partial charge in [0.2, 0.25) is 5.91 Å². The number of aryl methyl sites for hydroxylation is 2. The van der Waals surface area contributed by atoms with Crippen LogP contribution in [0.2, 0.25) is 0 Å². The van der Waals surface area contributed by atoms with E-state index in [1.54, 1.807) is 13.3 Å². The number of fused-ring (bicyclic) bond motifs is 1. The van der Waals surface area contributed by atoms with Gasteiger partial charge in [-0.3, -0.25) is 4.79 Å². The van der Waals surface area contributed by atoms with Crippen LogP contribution in [0.15, 0.2) is 73.2 Å². The van der Waals surface area contributed by atoms with Crippen LogP contribution in [-0.4, -0.2) is 27.1 Å². The molecule has 2 aromatic heterocycles. The maximum absolute atomic E-state index is 12.8. The van der Waals surface area contributed by atoms with E-state index in [0.717, 1.165) is 22.7 Å². The molecule has 4 rings (SSSR count). The first-order valence-electron chi connectivity index (χ1n) is 9.60. The quantitative estimate of drug-likeness (QED) is 0.525. The molecule has 0 saturated carbocycles. The summed E-state index contributed by atoms with van der Waals surface area (Å²) < 4.78 is 9.28. The zero-order valence-corrected chi connectivity index (χ0v) is 16.6. The largest absolute Gasteiger partial charge is 0.497 e. The smallest absolute Gasteiger partial charge is 0.222 e. The number of aromatic nitrogens is 3. The van der Waals surface area contributed by atoms with E-state index in [4.69, 9.17) is 4.74 Å². The third-order valence-corrected chi connectivity index (χ3v) is 5.13. The van der Waals surface area contributed by atoms with Gasteiger partial charge in [0, 0.05) is 44.1 Å². The average Bonchev–Trinajstić information content (AvgIpc) is 3.36. The van der Waals surface area contributed by atoms with Gasteiger partial charge in [-0.1, -0.05) is 30.3 Å². The van der Waals surface area contributed by atoms with Gasteiger partial charge in [-0.25, -0.2) is 4.98 Å². The highest BCUT2D eigenvalue weighted by molar-refractivity contribution is 5.80. The number of ether oxygens (including phenoxy) is 1. The molecule has 1 amide bonds. The highest BCUT2D eigenvalue weighted by atomic mass is 16.5. The molecular formula is C23H24N4O2. The number of hydrogen-bond donors (Lipinski definition) is 1. The van der Waals surface area contributed by atoms with Crippen molar-refractivity contribution in [2.45, 2.75) is 19.0 Å². The number of nitrogens with zero attached hydrogens (tertiary/aromatic N) is 3. The Kier molecular flexibility index (Phi) is 5.33. The van der Waals surface area contributed by atoms with Crippen molar-refractivity contribution < 1.29 is 9.53 Å². The third kappa shape index (κ3) is 4.01. The lowest BCUT2D eigenvalue weighted by molar-refractivity contribution is -0.121. The lowest BCUT2D eigenvalue weighted by Crippen LogP contribution is -2.31. The van der Waals surface area contributed by atoms with Gasteiger partial charge in [0.15, 0.2) is 0 Å². The molecule has 0 aliphatic rings. The van der Waals surface area contributed by atoms with Gasteiger partial charge in [0.25, 0.3) is 0 Å². The molecule has 1 unspecified atom stereocenters. The predicted molar refractivity (Wildman–Crippen MR) is 113 cm³/mol. The standard InChI is InChI=1S/C23H24N4O2/c1-26-16-13-24-23(26)22(18-7-9-19(29-2)10-8-18)25-21(28)12-15-27-14-11-17-5-3-4-6-20(17)27/h3-11,13-14,16,22H,12,15H2,1-2H3,(H,25,28). The minimum Gasteiger partial charge on any atom is -0.497 e. The number of carbonyl (C=O) groups is 1. The van der Waals surface area contributed by atoms with Crippen LogP contribution in [0.3, 0.4) is 0 Å². The first kappa shape index (κ1) is 18.8. The fourth-order valence-corrected chi connectivity index (χ4v) is 3.54. The number of benzene rings is 2. The summed E-state index contributed by atoms with van der Waals surface area (Å²) in [6.45, 7) is 0.620. The van der Waals surface area contributed by atoms with E-state index in [2.05, 4.69) is 33.1 Å². The molecule has 0 fully saturated rings. The summed E-state index contributed by atoms with van der Waals surface area (Å²) in [6.07, 6.45) is 6.03. The minimum absolute atomic E-state index is 0.0217. The second-order valence-electron chi connectivity index (χ2n) is 6.99. The minimum atomic E-state index is -0.324. The number of methoxy groups -OCH3 is 1. The summed E-state index contributed by atoms with van der Waals surface area (Å²) in [6, 6.07) is 17.6. The number of imidazole rings is 1. The third-order valence-electron chi connectivity index (χ3n) is 5.13. The Morgan fingerprint density at radius 1 is 1.10 bits per heavy atom. The van der Waals surface area contributed by atoms with Gasteiger partial charge >= 0.3 is 0 Å². The molecule has 0 aliphatic heterocycles. The monoisotopic (exact) mass is 388 g/mol. The van der Waals surface area contributed by atoms with Gasteiger partial charge in [-0.05, 0) is 35.2 Å². The normalized spacial score (nSPS) is 12.1. The average molecular weight is 388 g/mol. The highest BCUT2D eigenvalue weighted by Gasteiger charge is 2.20. The molecule has 2 heterocycles. The van der Waals surface area contributed by atoms with E-state index in [-0.39, 0.29) is 11.9 Å². The van der Waals surface area contributed by atoms with E-state index < -0.39 is 0 Å². The number of amides is 1. The molecule has 0 saturated heterocycles. The van der Waals surface area contributed by atoms with Crippen LogP contribution in [0, 0.1) is 0 Å². The number of para-hydroxylation sites is 1. The first-order valence-corrected chi connectivity index (χ1v) is 9.60. The summed E-state index contributed by atoms with van der Waals surface area (Å²) in [5.41, 5.74) is 2.09. The summed E-state index contributed by atoms with van der Waals surface area (Å²) in [5, 5.41) is 4.33. The topological polar surface area (TPSA) is 61.1 Å². The van der Waals surface area contributed by atoms with Crippen molar-refractivity contribution in [1.29, 1.82) is 0 Å². The molecule has 0 radical (unpaired) electrons. The number of hydrogen-bond acceptors (Lipinski definition) is 3. The Hall–Kier alpha value is -3.54. The molecule has 148 valence electrons. The fraction of sp³-hybridized carbons (Fsp3) is 0.217. The summed E-state index contributed by atoms with van der Waals surface area (Å²) in [4.78, 5) is 17.3. The zero-order valence-electron chi connectivity index (χ0n) is 16.6. The van der Waals surface area contributed by atoms with E-state index >= 15 is 0 Å². The maximum atomic E-state index is 12.8. The fourth-order valence-electron chi connectivity index (χ4n) is 3.54. The molecule has 2 aromatic carbocycles. The molecule has 6 heteroatoms. The molecule has 1 N–H and O–H groups in total. The van der Waals surface area contributed by atoms with Crippen LogP contribution in [0.25, 0.3) is 10.9 Å². The molecule has 29 heavy (non-hydrogen) atoms. The van der Waals surface area contributed by atoms with E-state index in [0.29, 0.717) is 13.0 Å². The Balaban J connectivity index is 1.51. The van der Waals surface area contributed by atoms with Crippen LogP contribution in [0.5, 0.6) is 5.75 Å². The Morgan fingerprint density at radius 3 is 2.62 bits per heavy atom. The van der Waals surface area contributed by atoms with Gasteiger partial charge in [-0.2, -0.15) is 0 Å². The van der Waals surface area contributed by atoms with Crippen molar-refractivity contribution in [3.05, 3.63) is 84.6 Å². The lowest BCUT2D eigenvalue weighted by atomic mass is 10.1. The Bertz CT molecular complexity index is 1110. The van der Waals surface area contributed by atoms with Crippen molar-refractivity contribution in [1.82, 2.24) is 19.4 Å². The second kappa shape index (κ2) is 8.22. The van der Waals surface area contributed by atoms with Crippen molar-refractivity contribution in [3.63, 3.8) is 0 Å². The molecule has 0 aliphatic carbocycles. The van der Waals surface area contributed by atoms with Crippen LogP contribution in [0.4, 0.5) is 0 Å². The SMILES string of the molecule is COc1ccc(C(NC(=O)CCn2ccc3ccccc32)c2nccn2C)cc1. The summed E-state index contributed by atoms with van der Waals surface area (Å²) >= 11 is 0. The van der Waals surface area contributed by atoms with Crippen LogP contribution in [-0.2, 0) is 18.4 Å². The molecule has 1 atom stereocenters. The van der Waals surface area contributed by atoms with E-state index in [1.165, 1.54) is 5.39 Å². The summed E-state index contributed by atoms with van der Waals surface area (Å²) in [5.74, 6) is 1.54. The molecule has 0 bridgehead atoms. The number of rotatable bonds is 7. The van der Waals surface area contributed by atoms with E-state index in [1.807, 2.05) is 60.4 Å². The van der Waals surface area contributed by atoms with Crippen molar-refractivity contribution in [3.8, 4) is 5.75 Å². The van der Waals surface area contributed by atoms with Crippen molar-refractivity contribution >= 4 is 16.8 Å². The maximum Gasteiger partial charge on any atom is 0.222 e. The van der Waals surface area contributed by atoms with Gasteiger partial charge < -0.3 is 19.2 Å². The Morgan fingerprint density at radius 2 is 1.90 bits per heavy atom. The predicted octanol–water partition coefficient (Wildman–Crippen LogP) is 3.68.